The van der Waals surface area contributed by atoms with Gasteiger partial charge in [0.05, 0.1) is 17.2 Å². The smallest absolute Gasteiger partial charge is 0.336 e. The van der Waals surface area contributed by atoms with Crippen LogP contribution in [0.4, 0.5) is 0 Å². The molecule has 5 heteroatoms. The summed E-state index contributed by atoms with van der Waals surface area (Å²) in [7, 11) is 0. The maximum absolute atomic E-state index is 12.3. The van der Waals surface area contributed by atoms with Gasteiger partial charge < -0.3 is 10.4 Å². The molecule has 0 aliphatic heterocycles. The average molecular weight is 348 g/mol. The summed E-state index contributed by atoms with van der Waals surface area (Å²) in [6.45, 7) is 1.85. The molecule has 4 nitrogen and oxygen atoms in total. The molecule has 0 unspecified atom stereocenters. The van der Waals surface area contributed by atoms with Gasteiger partial charge in [0.2, 0.25) is 0 Å². The lowest BCUT2D eigenvalue weighted by molar-refractivity contribution is 0.0690. The number of carbonyl (C=O) groups excluding carboxylic acids is 1. The van der Waals surface area contributed by atoms with E-state index < -0.39 is 11.9 Å². The molecule has 0 aromatic heterocycles. The highest BCUT2D eigenvalue weighted by molar-refractivity contribution is 9.10. The zero-order valence-corrected chi connectivity index (χ0v) is 12.9. The summed E-state index contributed by atoms with van der Waals surface area (Å²) in [6.07, 6.45) is 0. The summed E-state index contributed by atoms with van der Waals surface area (Å²) in [5, 5.41) is 11.9. The van der Waals surface area contributed by atoms with Crippen LogP contribution in [-0.2, 0) is 0 Å². The molecule has 2 rings (SSSR count). The number of benzene rings is 2. The van der Waals surface area contributed by atoms with Gasteiger partial charge in [0.15, 0.2) is 0 Å². The van der Waals surface area contributed by atoms with E-state index in [9.17, 15) is 9.59 Å². The lowest BCUT2D eigenvalue weighted by atomic mass is 10.0. The Balaban J connectivity index is 2.20. The minimum Gasteiger partial charge on any atom is -0.478 e. The van der Waals surface area contributed by atoms with Gasteiger partial charge in [0, 0.05) is 4.47 Å². The number of carboxylic acids is 1. The molecule has 2 aromatic rings. The largest absolute Gasteiger partial charge is 0.478 e. The molecule has 21 heavy (non-hydrogen) atoms. The first kappa shape index (κ1) is 15.3. The molecule has 2 aromatic carbocycles. The van der Waals surface area contributed by atoms with Gasteiger partial charge in [-0.05, 0) is 36.8 Å². The molecule has 0 saturated heterocycles. The van der Waals surface area contributed by atoms with Crippen LogP contribution in [-0.4, -0.2) is 17.0 Å². The molecule has 0 bridgehead atoms. The number of hydrogen-bond donors (Lipinski definition) is 2. The Bertz CT molecular complexity index is 685. The minimum atomic E-state index is -1.11. The van der Waals surface area contributed by atoms with Crippen LogP contribution in [0.2, 0.25) is 0 Å². The van der Waals surface area contributed by atoms with E-state index >= 15 is 0 Å². The van der Waals surface area contributed by atoms with E-state index in [1.54, 1.807) is 12.1 Å². The molecular weight excluding hydrogens is 334 g/mol. The zero-order valence-electron chi connectivity index (χ0n) is 11.3. The van der Waals surface area contributed by atoms with Crippen molar-refractivity contribution in [1.82, 2.24) is 5.32 Å². The second kappa shape index (κ2) is 6.54. The molecule has 1 atom stereocenters. The van der Waals surface area contributed by atoms with Crippen molar-refractivity contribution in [3.05, 3.63) is 69.7 Å². The SMILES string of the molecule is C[C@H](NC(=O)c1ccccc1C(=O)O)c1cccc(Br)c1. The Hall–Kier alpha value is -2.14. The topological polar surface area (TPSA) is 66.4 Å². The standard InChI is InChI=1S/C16H14BrNO3/c1-10(11-5-4-6-12(17)9-11)18-15(19)13-7-2-3-8-14(13)16(20)21/h2-10H,1H3,(H,18,19)(H,20,21)/t10-/m0/s1. The highest BCUT2D eigenvalue weighted by Gasteiger charge is 2.17. The van der Waals surface area contributed by atoms with Crippen LogP contribution >= 0.6 is 15.9 Å². The fourth-order valence-electron chi connectivity index (χ4n) is 2.00. The van der Waals surface area contributed by atoms with Gasteiger partial charge in [0.25, 0.3) is 5.91 Å². The van der Waals surface area contributed by atoms with Crippen LogP contribution in [0.15, 0.2) is 53.0 Å². The molecule has 2 N–H and O–H groups in total. The number of amides is 1. The number of rotatable bonds is 4. The van der Waals surface area contributed by atoms with Gasteiger partial charge in [-0.25, -0.2) is 4.79 Å². The summed E-state index contributed by atoms with van der Waals surface area (Å²) >= 11 is 3.38. The van der Waals surface area contributed by atoms with Crippen LogP contribution in [0.25, 0.3) is 0 Å². The molecule has 0 saturated carbocycles. The van der Waals surface area contributed by atoms with Crippen molar-refractivity contribution in [2.45, 2.75) is 13.0 Å². The van der Waals surface area contributed by atoms with E-state index in [0.717, 1.165) is 10.0 Å². The number of carbonyl (C=O) groups is 2. The third kappa shape index (κ3) is 3.70. The van der Waals surface area contributed by atoms with Crippen molar-refractivity contribution >= 4 is 27.8 Å². The number of aromatic carboxylic acids is 1. The van der Waals surface area contributed by atoms with E-state index in [-0.39, 0.29) is 17.2 Å². The summed E-state index contributed by atoms with van der Waals surface area (Å²) in [5.41, 5.74) is 1.09. The van der Waals surface area contributed by atoms with E-state index in [1.807, 2.05) is 31.2 Å². The lowest BCUT2D eigenvalue weighted by Gasteiger charge is -2.15. The fraction of sp³-hybridized carbons (Fsp3) is 0.125. The first-order valence-electron chi connectivity index (χ1n) is 6.37. The van der Waals surface area contributed by atoms with Crippen LogP contribution in [0.1, 0.15) is 39.2 Å². The van der Waals surface area contributed by atoms with Crippen molar-refractivity contribution in [3.63, 3.8) is 0 Å². The molecule has 0 aliphatic carbocycles. The number of hydrogen-bond acceptors (Lipinski definition) is 2. The first-order chi connectivity index (χ1) is 9.99. The summed E-state index contributed by atoms with van der Waals surface area (Å²) < 4.78 is 0.923. The van der Waals surface area contributed by atoms with Crippen molar-refractivity contribution in [1.29, 1.82) is 0 Å². The molecule has 0 spiro atoms. The van der Waals surface area contributed by atoms with E-state index in [1.165, 1.54) is 12.1 Å². The average Bonchev–Trinajstić information content (AvgIpc) is 2.47. The van der Waals surface area contributed by atoms with Crippen LogP contribution in [0.3, 0.4) is 0 Å². The van der Waals surface area contributed by atoms with Gasteiger partial charge in [-0.2, -0.15) is 0 Å². The predicted molar refractivity (Wildman–Crippen MR) is 83.4 cm³/mol. The number of carboxylic acid groups (broad SMARTS) is 1. The van der Waals surface area contributed by atoms with Gasteiger partial charge in [-0.3, -0.25) is 4.79 Å². The maximum Gasteiger partial charge on any atom is 0.336 e. The Morgan fingerprint density at radius 1 is 1.10 bits per heavy atom. The lowest BCUT2D eigenvalue weighted by Crippen LogP contribution is -2.28. The van der Waals surface area contributed by atoms with Crippen molar-refractivity contribution in [3.8, 4) is 0 Å². The normalized spacial score (nSPS) is 11.7. The van der Waals surface area contributed by atoms with Gasteiger partial charge in [-0.1, -0.05) is 40.2 Å². The minimum absolute atomic E-state index is 0.00329. The molecular formula is C16H14BrNO3. The van der Waals surface area contributed by atoms with E-state index in [0.29, 0.717) is 0 Å². The monoisotopic (exact) mass is 347 g/mol. The zero-order chi connectivity index (χ0) is 15.4. The van der Waals surface area contributed by atoms with Gasteiger partial charge >= 0.3 is 5.97 Å². The molecule has 0 fully saturated rings. The Kier molecular flexibility index (Phi) is 4.75. The maximum atomic E-state index is 12.3. The van der Waals surface area contributed by atoms with E-state index in [2.05, 4.69) is 21.2 Å². The van der Waals surface area contributed by atoms with Gasteiger partial charge in [0.1, 0.15) is 0 Å². The second-order valence-corrected chi connectivity index (χ2v) is 5.52. The van der Waals surface area contributed by atoms with Gasteiger partial charge in [-0.15, -0.1) is 0 Å². The first-order valence-corrected chi connectivity index (χ1v) is 7.17. The summed E-state index contributed by atoms with van der Waals surface area (Å²) in [4.78, 5) is 23.4. The summed E-state index contributed by atoms with van der Waals surface area (Å²) in [6, 6.07) is 13.5. The van der Waals surface area contributed by atoms with Crippen LogP contribution in [0, 0.1) is 0 Å². The van der Waals surface area contributed by atoms with Crippen molar-refractivity contribution in [2.75, 3.05) is 0 Å². The Labute approximate surface area is 130 Å². The highest BCUT2D eigenvalue weighted by Crippen LogP contribution is 2.19. The highest BCUT2D eigenvalue weighted by atomic mass is 79.9. The van der Waals surface area contributed by atoms with Crippen LogP contribution in [0.5, 0.6) is 0 Å². The third-order valence-electron chi connectivity index (χ3n) is 3.10. The second-order valence-electron chi connectivity index (χ2n) is 4.60. The Morgan fingerprint density at radius 3 is 2.38 bits per heavy atom. The number of nitrogens with one attached hydrogen (secondary N) is 1. The van der Waals surface area contributed by atoms with E-state index in [4.69, 9.17) is 5.11 Å². The quantitative estimate of drug-likeness (QED) is 0.887. The molecule has 0 radical (unpaired) electrons. The number of halogens is 1. The molecule has 0 aliphatic rings. The third-order valence-corrected chi connectivity index (χ3v) is 3.59. The van der Waals surface area contributed by atoms with Crippen LogP contribution < -0.4 is 5.32 Å². The van der Waals surface area contributed by atoms with Crippen molar-refractivity contribution in [2.24, 2.45) is 0 Å². The summed E-state index contributed by atoms with van der Waals surface area (Å²) in [5.74, 6) is -1.52. The molecule has 0 heterocycles. The molecule has 108 valence electrons. The van der Waals surface area contributed by atoms with Crippen molar-refractivity contribution < 1.29 is 14.7 Å². The molecule has 1 amide bonds. The predicted octanol–water partition coefficient (Wildman–Crippen LogP) is 3.64. The Morgan fingerprint density at radius 2 is 1.76 bits per heavy atom. The fourth-order valence-corrected chi connectivity index (χ4v) is 2.42.